The fourth-order valence-corrected chi connectivity index (χ4v) is 1.94. The van der Waals surface area contributed by atoms with Gasteiger partial charge in [0.2, 0.25) is 0 Å². The number of carbonyl (C=O) groups excluding carboxylic acids is 1. The summed E-state index contributed by atoms with van der Waals surface area (Å²) in [6.45, 7) is 1.70. The van der Waals surface area contributed by atoms with Gasteiger partial charge in [0.15, 0.2) is 5.65 Å². The van der Waals surface area contributed by atoms with E-state index in [4.69, 9.17) is 0 Å². The van der Waals surface area contributed by atoms with Gasteiger partial charge in [-0.2, -0.15) is 0 Å². The highest BCUT2D eigenvalue weighted by atomic mass is 79.9. The highest BCUT2D eigenvalue weighted by Gasteiger charge is 2.14. The number of nitrogens with zero attached hydrogens (tertiary/aromatic N) is 2. The van der Waals surface area contributed by atoms with E-state index in [9.17, 15) is 9.59 Å². The van der Waals surface area contributed by atoms with Gasteiger partial charge >= 0.3 is 5.97 Å². The second-order valence-electron chi connectivity index (χ2n) is 3.53. The van der Waals surface area contributed by atoms with Crippen LogP contribution in [0.1, 0.15) is 11.3 Å². The van der Waals surface area contributed by atoms with Crippen LogP contribution in [0.15, 0.2) is 15.5 Å². The quantitative estimate of drug-likeness (QED) is 0.833. The summed E-state index contributed by atoms with van der Waals surface area (Å²) in [5, 5.41) is 2.79. The van der Waals surface area contributed by atoms with E-state index in [1.807, 2.05) is 0 Å². The molecule has 0 saturated carbocycles. The molecule has 0 unspecified atom stereocenters. The van der Waals surface area contributed by atoms with Crippen LogP contribution < -0.4 is 5.56 Å². The van der Waals surface area contributed by atoms with Crippen LogP contribution in [-0.2, 0) is 16.0 Å². The number of ether oxygens (including phenoxy) is 1. The summed E-state index contributed by atoms with van der Waals surface area (Å²) in [5.74, 6) is -0.461. The molecule has 1 N–H and O–H groups in total. The Morgan fingerprint density at radius 3 is 3.00 bits per heavy atom. The van der Waals surface area contributed by atoms with Crippen LogP contribution in [0.3, 0.4) is 0 Å². The van der Waals surface area contributed by atoms with Crippen LogP contribution in [0.5, 0.6) is 0 Å². The molecule has 6 nitrogen and oxygen atoms in total. The number of rotatable bonds is 2. The minimum Gasteiger partial charge on any atom is -0.469 e. The maximum absolute atomic E-state index is 12.1. The van der Waals surface area contributed by atoms with Crippen LogP contribution in [0, 0.1) is 6.92 Å². The first-order valence-electron chi connectivity index (χ1n) is 4.86. The lowest BCUT2D eigenvalue weighted by atomic mass is 10.2. The molecule has 90 valence electrons. The first-order chi connectivity index (χ1) is 8.02. The van der Waals surface area contributed by atoms with Crippen LogP contribution in [0.4, 0.5) is 0 Å². The summed E-state index contributed by atoms with van der Waals surface area (Å²) >= 11 is 3.23. The van der Waals surface area contributed by atoms with E-state index in [1.165, 1.54) is 11.6 Å². The van der Waals surface area contributed by atoms with Gasteiger partial charge in [0.05, 0.1) is 19.1 Å². The van der Waals surface area contributed by atoms with Crippen molar-refractivity contribution >= 4 is 27.5 Å². The van der Waals surface area contributed by atoms with Gasteiger partial charge in [0.1, 0.15) is 4.60 Å². The van der Waals surface area contributed by atoms with Crippen LogP contribution in [0.25, 0.3) is 5.65 Å². The monoisotopic (exact) mass is 299 g/mol. The number of aryl methyl sites for hydroxylation is 1. The molecule has 2 aromatic heterocycles. The first kappa shape index (κ1) is 11.8. The van der Waals surface area contributed by atoms with Crippen LogP contribution in [-0.4, -0.2) is 27.7 Å². The molecule has 0 aliphatic heterocycles. The Hall–Kier alpha value is -1.63. The van der Waals surface area contributed by atoms with Gasteiger partial charge < -0.3 is 4.74 Å². The zero-order chi connectivity index (χ0) is 12.6. The highest BCUT2D eigenvalue weighted by Crippen LogP contribution is 2.10. The predicted molar refractivity (Wildman–Crippen MR) is 64.0 cm³/mol. The van der Waals surface area contributed by atoms with E-state index in [0.717, 1.165) is 0 Å². The van der Waals surface area contributed by atoms with Crippen molar-refractivity contribution in [3.8, 4) is 0 Å². The number of hydrogen-bond acceptors (Lipinski definition) is 4. The van der Waals surface area contributed by atoms with E-state index in [-0.39, 0.29) is 12.0 Å². The van der Waals surface area contributed by atoms with Gasteiger partial charge in [0.25, 0.3) is 5.56 Å². The van der Waals surface area contributed by atoms with E-state index in [1.54, 1.807) is 13.0 Å². The SMILES string of the molecule is COC(=O)Cc1c(C)nc2cc(Br)[nH]n2c1=O. The van der Waals surface area contributed by atoms with Crippen LogP contribution >= 0.6 is 15.9 Å². The second-order valence-corrected chi connectivity index (χ2v) is 4.39. The number of halogens is 1. The number of methoxy groups -OCH3 is 1. The molecular formula is C10H10BrN3O3. The molecule has 0 aromatic carbocycles. The number of H-pyrrole nitrogens is 1. The van der Waals surface area contributed by atoms with Crippen molar-refractivity contribution in [2.75, 3.05) is 7.11 Å². The number of nitrogens with one attached hydrogen (secondary N) is 1. The largest absolute Gasteiger partial charge is 0.469 e. The molecule has 0 aliphatic carbocycles. The highest BCUT2D eigenvalue weighted by molar-refractivity contribution is 9.10. The third kappa shape index (κ3) is 2.10. The first-order valence-corrected chi connectivity index (χ1v) is 5.66. The van der Waals surface area contributed by atoms with Crippen molar-refractivity contribution in [1.82, 2.24) is 14.6 Å². The molecule has 0 saturated heterocycles. The molecule has 0 aliphatic rings. The Morgan fingerprint density at radius 1 is 1.65 bits per heavy atom. The van der Waals surface area contributed by atoms with E-state index in [2.05, 4.69) is 30.7 Å². The summed E-state index contributed by atoms with van der Waals surface area (Å²) in [6.07, 6.45) is -0.0756. The molecule has 7 heteroatoms. The normalized spacial score (nSPS) is 10.8. The third-order valence-electron chi connectivity index (χ3n) is 2.43. The average Bonchev–Trinajstić information content (AvgIpc) is 2.64. The molecule has 0 radical (unpaired) electrons. The summed E-state index contributed by atoms with van der Waals surface area (Å²) in [4.78, 5) is 27.5. The van der Waals surface area contributed by atoms with Crippen LogP contribution in [0.2, 0.25) is 0 Å². The number of aromatic amines is 1. The molecule has 2 rings (SSSR count). The number of hydrogen-bond donors (Lipinski definition) is 1. The summed E-state index contributed by atoms with van der Waals surface area (Å²) in [5.41, 5.74) is 1.09. The summed E-state index contributed by atoms with van der Waals surface area (Å²) in [7, 11) is 1.28. The van der Waals surface area contributed by atoms with Gasteiger partial charge in [-0.25, -0.2) is 9.50 Å². The molecule has 2 heterocycles. The molecule has 0 bridgehead atoms. The van der Waals surface area contributed by atoms with E-state index >= 15 is 0 Å². The van der Waals surface area contributed by atoms with E-state index in [0.29, 0.717) is 21.5 Å². The number of carbonyl (C=O) groups is 1. The Kier molecular flexibility index (Phi) is 3.01. The topological polar surface area (TPSA) is 76.5 Å². The number of fused-ring (bicyclic) bond motifs is 1. The van der Waals surface area contributed by atoms with Crippen molar-refractivity contribution in [2.45, 2.75) is 13.3 Å². The Balaban J connectivity index is 2.63. The summed E-state index contributed by atoms with van der Waals surface area (Å²) < 4.78 is 6.48. The smallest absolute Gasteiger partial charge is 0.310 e. The third-order valence-corrected chi connectivity index (χ3v) is 2.84. The molecule has 0 atom stereocenters. The Morgan fingerprint density at radius 2 is 2.35 bits per heavy atom. The molecular weight excluding hydrogens is 290 g/mol. The minimum absolute atomic E-state index is 0.0756. The standard InChI is InChI=1S/C10H10BrN3O3/c1-5-6(3-9(15)17-2)10(16)14-8(12-5)4-7(11)13-14/h4,13H,3H2,1-2H3. The van der Waals surface area contributed by atoms with Gasteiger partial charge in [-0.3, -0.25) is 14.7 Å². The lowest BCUT2D eigenvalue weighted by Gasteiger charge is -2.03. The second kappa shape index (κ2) is 4.33. The summed E-state index contributed by atoms with van der Waals surface area (Å²) in [6, 6.07) is 1.69. The van der Waals surface area contributed by atoms with Gasteiger partial charge in [-0.15, -0.1) is 0 Å². The molecule has 0 spiro atoms. The van der Waals surface area contributed by atoms with Gasteiger partial charge in [0, 0.05) is 11.8 Å². The average molecular weight is 300 g/mol. The fourth-order valence-electron chi connectivity index (χ4n) is 1.56. The fraction of sp³-hybridized carbons (Fsp3) is 0.300. The minimum atomic E-state index is -0.461. The Labute approximate surface area is 105 Å². The number of esters is 1. The predicted octanol–water partition coefficient (Wildman–Crippen LogP) is 0.809. The van der Waals surface area contributed by atoms with Crippen molar-refractivity contribution in [1.29, 1.82) is 0 Å². The maximum atomic E-state index is 12.1. The van der Waals surface area contributed by atoms with Gasteiger partial charge in [-0.05, 0) is 22.9 Å². The van der Waals surface area contributed by atoms with Gasteiger partial charge in [-0.1, -0.05) is 0 Å². The number of aromatic nitrogens is 3. The van der Waals surface area contributed by atoms with Crippen molar-refractivity contribution in [3.63, 3.8) is 0 Å². The van der Waals surface area contributed by atoms with Crippen molar-refractivity contribution < 1.29 is 9.53 Å². The Bertz CT molecular complexity index is 644. The zero-order valence-corrected chi connectivity index (χ0v) is 10.9. The lowest BCUT2D eigenvalue weighted by Crippen LogP contribution is -2.24. The van der Waals surface area contributed by atoms with Crippen molar-refractivity contribution in [2.24, 2.45) is 0 Å². The van der Waals surface area contributed by atoms with E-state index < -0.39 is 5.97 Å². The molecule has 17 heavy (non-hydrogen) atoms. The van der Waals surface area contributed by atoms with Crippen molar-refractivity contribution in [3.05, 3.63) is 32.3 Å². The maximum Gasteiger partial charge on any atom is 0.310 e. The zero-order valence-electron chi connectivity index (χ0n) is 9.28. The lowest BCUT2D eigenvalue weighted by molar-refractivity contribution is -0.139. The molecule has 2 aromatic rings. The molecule has 0 fully saturated rings. The molecule has 0 amide bonds.